The van der Waals surface area contributed by atoms with E-state index < -0.39 is 0 Å². The van der Waals surface area contributed by atoms with Crippen LogP contribution in [0.5, 0.6) is 0 Å². The second-order valence-corrected chi connectivity index (χ2v) is 4.71. The van der Waals surface area contributed by atoms with Crippen molar-refractivity contribution in [3.8, 4) is 0 Å². The van der Waals surface area contributed by atoms with Crippen molar-refractivity contribution in [2.75, 3.05) is 11.9 Å². The number of nitrogens with one attached hydrogen (secondary N) is 1. The Labute approximate surface area is 127 Å². The maximum absolute atomic E-state index is 11.6. The van der Waals surface area contributed by atoms with Crippen LogP contribution in [0.3, 0.4) is 0 Å². The SMILES string of the molecule is CCOC(=O)c1ccc(NCc2cn3cccnc3n2)cc1. The van der Waals surface area contributed by atoms with Crippen molar-refractivity contribution in [3.05, 3.63) is 60.2 Å². The monoisotopic (exact) mass is 296 g/mol. The number of nitrogens with zero attached hydrogens (tertiary/aromatic N) is 3. The summed E-state index contributed by atoms with van der Waals surface area (Å²) in [5, 5.41) is 3.26. The Balaban J connectivity index is 1.64. The van der Waals surface area contributed by atoms with Crippen LogP contribution in [-0.4, -0.2) is 26.9 Å². The van der Waals surface area contributed by atoms with Crippen molar-refractivity contribution >= 4 is 17.4 Å². The van der Waals surface area contributed by atoms with Gasteiger partial charge in [-0.05, 0) is 37.3 Å². The minimum atomic E-state index is -0.305. The largest absolute Gasteiger partial charge is 0.462 e. The zero-order valence-electron chi connectivity index (χ0n) is 12.2. The fourth-order valence-electron chi connectivity index (χ4n) is 2.10. The number of fused-ring (bicyclic) bond motifs is 1. The molecule has 1 aromatic carbocycles. The van der Waals surface area contributed by atoms with Crippen LogP contribution in [0.25, 0.3) is 5.78 Å². The highest BCUT2D eigenvalue weighted by Gasteiger charge is 2.06. The van der Waals surface area contributed by atoms with Crippen LogP contribution in [0.15, 0.2) is 48.9 Å². The lowest BCUT2D eigenvalue weighted by Gasteiger charge is -2.06. The normalized spacial score (nSPS) is 10.6. The number of hydrogen-bond donors (Lipinski definition) is 1. The fourth-order valence-corrected chi connectivity index (χ4v) is 2.10. The fraction of sp³-hybridized carbons (Fsp3) is 0.188. The van der Waals surface area contributed by atoms with E-state index in [9.17, 15) is 4.79 Å². The van der Waals surface area contributed by atoms with Gasteiger partial charge in [-0.2, -0.15) is 0 Å². The number of carbonyl (C=O) groups excluding carboxylic acids is 1. The molecule has 0 aliphatic heterocycles. The summed E-state index contributed by atoms with van der Waals surface area (Å²) < 4.78 is 6.83. The summed E-state index contributed by atoms with van der Waals surface area (Å²) >= 11 is 0. The Morgan fingerprint density at radius 1 is 1.32 bits per heavy atom. The molecule has 6 heteroatoms. The van der Waals surface area contributed by atoms with Gasteiger partial charge in [0.15, 0.2) is 0 Å². The van der Waals surface area contributed by atoms with Crippen LogP contribution < -0.4 is 5.32 Å². The van der Waals surface area contributed by atoms with Crippen LogP contribution in [0.2, 0.25) is 0 Å². The first-order valence-electron chi connectivity index (χ1n) is 7.06. The summed E-state index contributed by atoms with van der Waals surface area (Å²) in [5.41, 5.74) is 2.36. The molecule has 3 rings (SSSR count). The van der Waals surface area contributed by atoms with Gasteiger partial charge in [-0.25, -0.2) is 14.8 Å². The van der Waals surface area contributed by atoms with E-state index in [0.717, 1.165) is 11.4 Å². The van der Waals surface area contributed by atoms with Gasteiger partial charge < -0.3 is 10.1 Å². The Morgan fingerprint density at radius 2 is 2.14 bits per heavy atom. The second kappa shape index (κ2) is 6.26. The topological polar surface area (TPSA) is 68.5 Å². The van der Waals surface area contributed by atoms with Crippen LogP contribution in [0.1, 0.15) is 23.0 Å². The molecule has 2 aromatic heterocycles. The summed E-state index contributed by atoms with van der Waals surface area (Å²) in [4.78, 5) is 20.2. The summed E-state index contributed by atoms with van der Waals surface area (Å²) in [7, 11) is 0. The molecule has 3 aromatic rings. The zero-order valence-corrected chi connectivity index (χ0v) is 12.2. The van der Waals surface area contributed by atoms with Crippen molar-refractivity contribution in [2.45, 2.75) is 13.5 Å². The zero-order chi connectivity index (χ0) is 15.4. The van der Waals surface area contributed by atoms with Gasteiger partial charge in [0.25, 0.3) is 0 Å². The molecular weight excluding hydrogens is 280 g/mol. The van der Waals surface area contributed by atoms with Crippen LogP contribution in [0.4, 0.5) is 5.69 Å². The Morgan fingerprint density at radius 3 is 2.86 bits per heavy atom. The lowest BCUT2D eigenvalue weighted by molar-refractivity contribution is 0.0526. The molecule has 0 radical (unpaired) electrons. The van der Waals surface area contributed by atoms with Crippen molar-refractivity contribution in [1.29, 1.82) is 0 Å². The number of carbonyl (C=O) groups is 1. The molecular formula is C16H16N4O2. The van der Waals surface area contributed by atoms with E-state index in [0.29, 0.717) is 24.5 Å². The molecule has 0 amide bonds. The van der Waals surface area contributed by atoms with E-state index in [2.05, 4.69) is 15.3 Å². The van der Waals surface area contributed by atoms with Crippen molar-refractivity contribution < 1.29 is 9.53 Å². The molecule has 0 saturated heterocycles. The molecule has 22 heavy (non-hydrogen) atoms. The van der Waals surface area contributed by atoms with Crippen molar-refractivity contribution in [3.63, 3.8) is 0 Å². The molecule has 0 aliphatic rings. The van der Waals surface area contributed by atoms with Gasteiger partial charge in [0, 0.05) is 24.3 Å². The van der Waals surface area contributed by atoms with Crippen molar-refractivity contribution in [2.24, 2.45) is 0 Å². The predicted molar refractivity (Wildman–Crippen MR) is 82.7 cm³/mol. The van der Waals surface area contributed by atoms with Gasteiger partial charge in [-0.1, -0.05) is 0 Å². The summed E-state index contributed by atoms with van der Waals surface area (Å²) in [6.07, 6.45) is 5.56. The molecule has 0 spiro atoms. The number of esters is 1. The third-order valence-corrected chi connectivity index (χ3v) is 3.16. The van der Waals surface area contributed by atoms with E-state index in [-0.39, 0.29) is 5.97 Å². The molecule has 0 aliphatic carbocycles. The predicted octanol–water partition coefficient (Wildman–Crippen LogP) is 2.52. The van der Waals surface area contributed by atoms with Crippen LogP contribution in [-0.2, 0) is 11.3 Å². The van der Waals surface area contributed by atoms with Crippen LogP contribution in [0, 0.1) is 0 Å². The van der Waals surface area contributed by atoms with E-state index >= 15 is 0 Å². The number of anilines is 1. The molecule has 6 nitrogen and oxygen atoms in total. The molecule has 1 N–H and O–H groups in total. The Bertz CT molecular complexity index is 747. The molecule has 0 unspecified atom stereocenters. The van der Waals surface area contributed by atoms with Gasteiger partial charge >= 0.3 is 5.97 Å². The smallest absolute Gasteiger partial charge is 0.338 e. The average molecular weight is 296 g/mol. The van der Waals surface area contributed by atoms with Gasteiger partial charge in [0.1, 0.15) is 0 Å². The molecule has 0 saturated carbocycles. The second-order valence-electron chi connectivity index (χ2n) is 4.71. The number of ether oxygens (including phenoxy) is 1. The first kappa shape index (κ1) is 14.1. The maximum atomic E-state index is 11.6. The number of hydrogen-bond acceptors (Lipinski definition) is 5. The summed E-state index contributed by atoms with van der Waals surface area (Å²) in [6.45, 7) is 2.75. The number of imidazole rings is 1. The van der Waals surface area contributed by atoms with Crippen LogP contribution >= 0.6 is 0 Å². The third-order valence-electron chi connectivity index (χ3n) is 3.16. The molecule has 0 fully saturated rings. The minimum Gasteiger partial charge on any atom is -0.462 e. The molecule has 0 bridgehead atoms. The lowest BCUT2D eigenvalue weighted by Crippen LogP contribution is -2.05. The van der Waals surface area contributed by atoms with E-state index in [1.807, 2.05) is 35.0 Å². The van der Waals surface area contributed by atoms with E-state index in [1.165, 1.54) is 0 Å². The molecule has 2 heterocycles. The Kier molecular flexibility index (Phi) is 4.00. The Hall–Kier alpha value is -2.89. The standard InChI is InChI=1S/C16H16N4O2/c1-2-22-15(21)12-4-6-13(7-5-12)18-10-14-11-20-9-3-8-17-16(20)19-14/h3-9,11,18H,2,10H2,1H3. The summed E-state index contributed by atoms with van der Waals surface area (Å²) in [5.74, 6) is 0.373. The quantitative estimate of drug-likeness (QED) is 0.733. The first-order valence-corrected chi connectivity index (χ1v) is 7.06. The number of rotatable bonds is 5. The van der Waals surface area contributed by atoms with E-state index in [1.54, 1.807) is 25.3 Å². The molecule has 112 valence electrons. The van der Waals surface area contributed by atoms with Gasteiger partial charge in [0.2, 0.25) is 5.78 Å². The highest BCUT2D eigenvalue weighted by Crippen LogP contribution is 2.12. The number of benzene rings is 1. The van der Waals surface area contributed by atoms with Gasteiger partial charge in [-0.3, -0.25) is 4.40 Å². The molecule has 0 atom stereocenters. The third kappa shape index (κ3) is 3.06. The van der Waals surface area contributed by atoms with Gasteiger partial charge in [-0.15, -0.1) is 0 Å². The van der Waals surface area contributed by atoms with E-state index in [4.69, 9.17) is 4.74 Å². The average Bonchev–Trinajstić information content (AvgIpc) is 2.96. The lowest BCUT2D eigenvalue weighted by atomic mass is 10.2. The number of aromatic nitrogens is 3. The maximum Gasteiger partial charge on any atom is 0.338 e. The minimum absolute atomic E-state index is 0.305. The highest BCUT2D eigenvalue weighted by atomic mass is 16.5. The first-order chi connectivity index (χ1) is 10.8. The van der Waals surface area contributed by atoms with Crippen molar-refractivity contribution in [1.82, 2.24) is 14.4 Å². The summed E-state index contributed by atoms with van der Waals surface area (Å²) in [6, 6.07) is 9.04. The highest BCUT2D eigenvalue weighted by molar-refractivity contribution is 5.89. The van der Waals surface area contributed by atoms with Gasteiger partial charge in [0.05, 0.1) is 24.4 Å².